The van der Waals surface area contributed by atoms with Gasteiger partial charge in [0.1, 0.15) is 0 Å². The first-order valence-electron chi connectivity index (χ1n) is 10.2. The van der Waals surface area contributed by atoms with Gasteiger partial charge in [-0.25, -0.2) is 8.42 Å². The van der Waals surface area contributed by atoms with Crippen molar-refractivity contribution in [3.63, 3.8) is 0 Å². The highest BCUT2D eigenvalue weighted by molar-refractivity contribution is 9.10. The standard InChI is InChI=1S/C22H27BrClN3O3S/c1-3-31(29,30)21-7-6-19(24)12-18(21)14-25-22(28)16-4-5-17(20(23)13-16)15-27-10-8-26(2)9-11-27/h4-7,12-13H,3,8-11,14-15H2,1-2H3,(H,25,28). The molecule has 0 unspecified atom stereocenters. The zero-order valence-electron chi connectivity index (χ0n) is 17.7. The van der Waals surface area contributed by atoms with E-state index in [0.29, 0.717) is 16.1 Å². The third kappa shape index (κ3) is 6.29. The first-order chi connectivity index (χ1) is 14.7. The van der Waals surface area contributed by atoms with Gasteiger partial charge in [0.2, 0.25) is 0 Å². The molecule has 168 valence electrons. The number of rotatable bonds is 7. The van der Waals surface area contributed by atoms with Gasteiger partial charge in [-0.1, -0.05) is 40.5 Å². The first kappa shape index (κ1) is 24.2. The largest absolute Gasteiger partial charge is 0.348 e. The molecule has 1 fully saturated rings. The molecule has 31 heavy (non-hydrogen) atoms. The lowest BCUT2D eigenvalue weighted by Crippen LogP contribution is -2.43. The van der Waals surface area contributed by atoms with Gasteiger partial charge in [0.15, 0.2) is 9.84 Å². The second-order valence-electron chi connectivity index (χ2n) is 7.72. The average molecular weight is 529 g/mol. The van der Waals surface area contributed by atoms with Crippen LogP contribution in [0.3, 0.4) is 0 Å². The number of hydrogen-bond donors (Lipinski definition) is 1. The molecule has 0 atom stereocenters. The van der Waals surface area contributed by atoms with E-state index in [0.717, 1.165) is 42.8 Å². The fourth-order valence-electron chi connectivity index (χ4n) is 3.49. The van der Waals surface area contributed by atoms with Crippen LogP contribution in [0.15, 0.2) is 45.8 Å². The van der Waals surface area contributed by atoms with Gasteiger partial charge in [-0.2, -0.15) is 0 Å². The number of likely N-dealkylation sites (N-methyl/N-ethyl adjacent to an activating group) is 1. The molecule has 2 aromatic carbocycles. The van der Waals surface area contributed by atoms with E-state index >= 15 is 0 Å². The van der Waals surface area contributed by atoms with Crippen LogP contribution < -0.4 is 5.32 Å². The fraction of sp³-hybridized carbons (Fsp3) is 0.409. The Kier molecular flexibility index (Phi) is 8.15. The minimum Gasteiger partial charge on any atom is -0.348 e. The van der Waals surface area contributed by atoms with Crippen molar-refractivity contribution in [2.45, 2.75) is 24.9 Å². The number of hydrogen-bond acceptors (Lipinski definition) is 5. The smallest absolute Gasteiger partial charge is 0.251 e. The highest BCUT2D eigenvalue weighted by Gasteiger charge is 2.19. The van der Waals surface area contributed by atoms with Crippen LogP contribution in [0.25, 0.3) is 0 Å². The second-order valence-corrected chi connectivity index (χ2v) is 11.3. The van der Waals surface area contributed by atoms with Crippen LogP contribution in [0, 0.1) is 0 Å². The summed E-state index contributed by atoms with van der Waals surface area (Å²) in [7, 11) is -1.28. The highest BCUT2D eigenvalue weighted by atomic mass is 79.9. The summed E-state index contributed by atoms with van der Waals surface area (Å²) in [5.74, 6) is -0.288. The van der Waals surface area contributed by atoms with Crippen LogP contribution in [-0.4, -0.2) is 63.1 Å². The van der Waals surface area contributed by atoms with E-state index in [1.807, 2.05) is 12.1 Å². The van der Waals surface area contributed by atoms with Crippen molar-refractivity contribution < 1.29 is 13.2 Å². The van der Waals surface area contributed by atoms with Gasteiger partial charge in [-0.15, -0.1) is 0 Å². The van der Waals surface area contributed by atoms with Gasteiger partial charge in [0.25, 0.3) is 5.91 Å². The van der Waals surface area contributed by atoms with E-state index in [1.54, 1.807) is 25.1 Å². The number of piperazine rings is 1. The molecule has 0 bridgehead atoms. The van der Waals surface area contributed by atoms with E-state index in [-0.39, 0.29) is 23.1 Å². The Morgan fingerprint density at radius 2 is 1.81 bits per heavy atom. The van der Waals surface area contributed by atoms with Crippen LogP contribution in [0.2, 0.25) is 5.02 Å². The molecule has 0 saturated carbocycles. The van der Waals surface area contributed by atoms with Crippen molar-refractivity contribution in [3.05, 3.63) is 62.6 Å². The van der Waals surface area contributed by atoms with E-state index in [1.165, 1.54) is 6.07 Å². The molecule has 1 heterocycles. The van der Waals surface area contributed by atoms with Gasteiger partial charge >= 0.3 is 0 Å². The van der Waals surface area contributed by atoms with Gasteiger partial charge in [-0.05, 0) is 48.5 Å². The maximum Gasteiger partial charge on any atom is 0.251 e. The highest BCUT2D eigenvalue weighted by Crippen LogP contribution is 2.23. The predicted molar refractivity (Wildman–Crippen MR) is 127 cm³/mol. The Balaban J connectivity index is 1.68. The summed E-state index contributed by atoms with van der Waals surface area (Å²) in [6.07, 6.45) is 0. The Bertz CT molecular complexity index is 1050. The number of carbonyl (C=O) groups excluding carboxylic acids is 1. The summed E-state index contributed by atoms with van der Waals surface area (Å²) in [6, 6.07) is 10.2. The Labute approximate surface area is 197 Å². The van der Waals surface area contributed by atoms with Crippen molar-refractivity contribution >= 4 is 43.3 Å². The summed E-state index contributed by atoms with van der Waals surface area (Å²) in [6.45, 7) is 6.65. The van der Waals surface area contributed by atoms with Crippen LogP contribution in [0.1, 0.15) is 28.4 Å². The van der Waals surface area contributed by atoms with E-state index in [4.69, 9.17) is 11.6 Å². The minimum absolute atomic E-state index is 0.0166. The Morgan fingerprint density at radius 3 is 2.45 bits per heavy atom. The summed E-state index contributed by atoms with van der Waals surface area (Å²) in [5, 5.41) is 3.24. The second kappa shape index (κ2) is 10.4. The topological polar surface area (TPSA) is 69.7 Å². The van der Waals surface area contributed by atoms with Crippen LogP contribution in [-0.2, 0) is 22.9 Å². The van der Waals surface area contributed by atoms with Crippen molar-refractivity contribution in [1.82, 2.24) is 15.1 Å². The number of sulfone groups is 1. The van der Waals surface area contributed by atoms with Crippen molar-refractivity contribution in [3.8, 4) is 0 Å². The maximum absolute atomic E-state index is 12.7. The molecular formula is C22H27BrClN3O3S. The van der Waals surface area contributed by atoms with Gasteiger partial charge in [0.05, 0.1) is 10.6 Å². The molecule has 6 nitrogen and oxygen atoms in total. The zero-order valence-corrected chi connectivity index (χ0v) is 20.9. The molecule has 0 aromatic heterocycles. The molecule has 2 aromatic rings. The molecule has 1 aliphatic heterocycles. The van der Waals surface area contributed by atoms with Crippen molar-refractivity contribution in [2.75, 3.05) is 39.0 Å². The number of halogens is 2. The average Bonchev–Trinajstić information content (AvgIpc) is 2.74. The molecule has 9 heteroatoms. The van der Waals surface area contributed by atoms with Crippen molar-refractivity contribution in [2.24, 2.45) is 0 Å². The SMILES string of the molecule is CCS(=O)(=O)c1ccc(Cl)cc1CNC(=O)c1ccc(CN2CCN(C)CC2)c(Br)c1. The number of nitrogens with one attached hydrogen (secondary N) is 1. The van der Waals surface area contributed by atoms with Crippen LogP contribution >= 0.6 is 27.5 Å². The third-order valence-corrected chi connectivity index (χ3v) is 8.28. The minimum atomic E-state index is -3.41. The Hall–Kier alpha value is -1.45. The summed E-state index contributed by atoms with van der Waals surface area (Å²) >= 11 is 9.64. The first-order valence-corrected chi connectivity index (χ1v) is 13.0. The molecule has 0 radical (unpaired) electrons. The number of carbonyl (C=O) groups is 1. The normalized spacial score (nSPS) is 15.7. The van der Waals surface area contributed by atoms with Gasteiger partial charge < -0.3 is 10.2 Å². The monoisotopic (exact) mass is 527 g/mol. The fourth-order valence-corrected chi connectivity index (χ4v) is 5.30. The van der Waals surface area contributed by atoms with Crippen molar-refractivity contribution in [1.29, 1.82) is 0 Å². The lowest BCUT2D eigenvalue weighted by atomic mass is 10.1. The van der Waals surface area contributed by atoms with E-state index < -0.39 is 9.84 Å². The maximum atomic E-state index is 12.7. The summed E-state index contributed by atoms with van der Waals surface area (Å²) in [5.41, 5.74) is 2.12. The summed E-state index contributed by atoms with van der Waals surface area (Å²) < 4.78 is 25.6. The van der Waals surface area contributed by atoms with Gasteiger partial charge in [0, 0.05) is 54.3 Å². The summed E-state index contributed by atoms with van der Waals surface area (Å²) in [4.78, 5) is 17.6. The molecular weight excluding hydrogens is 502 g/mol. The van der Waals surface area contributed by atoms with E-state index in [2.05, 4.69) is 38.1 Å². The molecule has 1 N–H and O–H groups in total. The lowest BCUT2D eigenvalue weighted by Gasteiger charge is -2.32. The van der Waals surface area contributed by atoms with Crippen LogP contribution in [0.4, 0.5) is 0 Å². The third-order valence-electron chi connectivity index (χ3n) is 5.48. The molecule has 1 amide bonds. The quantitative estimate of drug-likeness (QED) is 0.595. The predicted octanol–water partition coefficient (Wildman–Crippen LogP) is 3.57. The molecule has 1 aliphatic rings. The van der Waals surface area contributed by atoms with Crippen LogP contribution in [0.5, 0.6) is 0 Å². The van der Waals surface area contributed by atoms with E-state index in [9.17, 15) is 13.2 Å². The molecule has 3 rings (SSSR count). The molecule has 0 spiro atoms. The molecule has 1 saturated heterocycles. The lowest BCUT2D eigenvalue weighted by molar-refractivity contribution is 0.0950. The number of amides is 1. The number of benzene rings is 2. The number of nitrogens with zero attached hydrogens (tertiary/aromatic N) is 2. The van der Waals surface area contributed by atoms with Gasteiger partial charge in [-0.3, -0.25) is 9.69 Å². The zero-order chi connectivity index (χ0) is 22.6. The molecule has 0 aliphatic carbocycles. The Morgan fingerprint density at radius 1 is 1.10 bits per heavy atom.